The Morgan fingerprint density at radius 2 is 2.11 bits per heavy atom. The van der Waals surface area contributed by atoms with E-state index in [9.17, 15) is 5.11 Å². The molecule has 0 radical (unpaired) electrons. The number of halogens is 2. The highest BCUT2D eigenvalue weighted by atomic mass is 127. The van der Waals surface area contributed by atoms with Gasteiger partial charge in [0.05, 0.1) is 0 Å². The van der Waals surface area contributed by atoms with Crippen LogP contribution in [0.2, 0.25) is 5.15 Å². The van der Waals surface area contributed by atoms with Gasteiger partial charge in [0, 0.05) is 24.9 Å². The van der Waals surface area contributed by atoms with E-state index in [0.29, 0.717) is 23.6 Å². The summed E-state index contributed by atoms with van der Waals surface area (Å²) in [6.45, 7) is 0.308. The highest BCUT2D eigenvalue weighted by Crippen LogP contribution is 2.36. The molecule has 2 aromatic rings. The largest absolute Gasteiger partial charge is 0.396 e. The van der Waals surface area contributed by atoms with Gasteiger partial charge in [0.15, 0.2) is 5.15 Å². The second kappa shape index (κ2) is 5.54. The topological polar surface area (TPSA) is 50.4 Å². The van der Waals surface area contributed by atoms with Crippen molar-refractivity contribution >= 4 is 39.7 Å². The summed E-state index contributed by atoms with van der Waals surface area (Å²) in [5.74, 6) is 2.00. The van der Waals surface area contributed by atoms with Crippen molar-refractivity contribution in [2.24, 2.45) is 5.92 Å². The van der Waals surface area contributed by atoms with Crippen LogP contribution in [-0.2, 0) is 0 Å². The van der Waals surface area contributed by atoms with Crippen LogP contribution >= 0.6 is 34.2 Å². The molecule has 0 unspecified atom stereocenters. The van der Waals surface area contributed by atoms with Gasteiger partial charge in [-0.05, 0) is 54.2 Å². The van der Waals surface area contributed by atoms with Crippen molar-refractivity contribution in [2.45, 2.75) is 31.6 Å². The maximum atomic E-state index is 9.21. The molecule has 6 heteroatoms. The second-order valence-corrected chi connectivity index (χ2v) is 6.48. The molecule has 0 amide bonds. The monoisotopic (exact) mass is 391 g/mol. The zero-order chi connectivity index (χ0) is 13.4. The molecular formula is C13H15ClIN3O. The first kappa shape index (κ1) is 13.6. The van der Waals surface area contributed by atoms with Crippen molar-refractivity contribution < 1.29 is 5.11 Å². The van der Waals surface area contributed by atoms with Gasteiger partial charge in [-0.25, -0.2) is 9.97 Å². The fraction of sp³-hybridized carbons (Fsp3) is 0.538. The Morgan fingerprint density at radius 3 is 2.79 bits per heavy atom. The van der Waals surface area contributed by atoms with Crippen LogP contribution in [0.15, 0.2) is 12.4 Å². The molecule has 2 aromatic heterocycles. The molecule has 0 aromatic carbocycles. The summed E-state index contributed by atoms with van der Waals surface area (Å²) in [6, 6.07) is 0. The standard InChI is InChI=1S/C13H15ClIN3O/c14-11-10-12(15)17-13(18(10)6-5-16-11)9-3-1-8(7-19)2-4-9/h5-6,8-9,19H,1-4,7H2. The number of aromatic nitrogens is 3. The molecule has 4 nitrogen and oxygen atoms in total. The van der Waals surface area contributed by atoms with Crippen LogP contribution in [0, 0.1) is 9.62 Å². The lowest BCUT2D eigenvalue weighted by atomic mass is 9.82. The van der Waals surface area contributed by atoms with Gasteiger partial charge in [0.1, 0.15) is 15.0 Å². The normalized spacial score (nSPS) is 23.9. The van der Waals surface area contributed by atoms with Crippen LogP contribution in [0.1, 0.15) is 37.4 Å². The zero-order valence-electron chi connectivity index (χ0n) is 10.4. The highest BCUT2D eigenvalue weighted by molar-refractivity contribution is 14.1. The lowest BCUT2D eigenvalue weighted by Crippen LogP contribution is -2.17. The van der Waals surface area contributed by atoms with E-state index in [-0.39, 0.29) is 0 Å². The Morgan fingerprint density at radius 1 is 1.37 bits per heavy atom. The Kier molecular flexibility index (Phi) is 3.96. The first-order valence-electron chi connectivity index (χ1n) is 6.49. The highest BCUT2D eigenvalue weighted by Gasteiger charge is 2.26. The van der Waals surface area contributed by atoms with Gasteiger partial charge in [-0.3, -0.25) is 4.40 Å². The minimum absolute atomic E-state index is 0.308. The van der Waals surface area contributed by atoms with Crippen molar-refractivity contribution in [2.75, 3.05) is 6.61 Å². The fourth-order valence-corrected chi connectivity index (χ4v) is 4.03. The predicted molar refractivity (Wildman–Crippen MR) is 82.5 cm³/mol. The van der Waals surface area contributed by atoms with Crippen LogP contribution in [-0.4, -0.2) is 26.1 Å². The molecular weight excluding hydrogens is 377 g/mol. The number of rotatable bonds is 2. The Balaban J connectivity index is 1.96. The van der Waals surface area contributed by atoms with Crippen molar-refractivity contribution in [1.82, 2.24) is 14.4 Å². The van der Waals surface area contributed by atoms with E-state index in [1.54, 1.807) is 6.20 Å². The summed E-state index contributed by atoms with van der Waals surface area (Å²) in [5.41, 5.74) is 0.907. The first-order valence-corrected chi connectivity index (χ1v) is 7.95. The average Bonchev–Trinajstić information content (AvgIpc) is 2.78. The Hall–Kier alpha value is -0.400. The second-order valence-electron chi connectivity index (χ2n) is 5.10. The van der Waals surface area contributed by atoms with Crippen molar-refractivity contribution in [3.05, 3.63) is 27.1 Å². The molecule has 102 valence electrons. The molecule has 0 saturated heterocycles. The third-order valence-electron chi connectivity index (χ3n) is 3.96. The number of hydrogen-bond donors (Lipinski definition) is 1. The summed E-state index contributed by atoms with van der Waals surface area (Å²) in [6.07, 6.45) is 7.97. The summed E-state index contributed by atoms with van der Waals surface area (Å²) in [7, 11) is 0. The zero-order valence-corrected chi connectivity index (χ0v) is 13.3. The van der Waals surface area contributed by atoms with Crippen LogP contribution in [0.25, 0.3) is 5.52 Å². The molecule has 0 spiro atoms. The third kappa shape index (κ3) is 2.48. The van der Waals surface area contributed by atoms with Crippen molar-refractivity contribution in [3.63, 3.8) is 0 Å². The maximum absolute atomic E-state index is 9.21. The van der Waals surface area contributed by atoms with E-state index in [1.807, 2.05) is 6.20 Å². The van der Waals surface area contributed by atoms with E-state index >= 15 is 0 Å². The third-order valence-corrected chi connectivity index (χ3v) is 4.99. The van der Waals surface area contributed by atoms with Gasteiger partial charge >= 0.3 is 0 Å². The number of aliphatic hydroxyl groups excluding tert-OH is 1. The van der Waals surface area contributed by atoms with E-state index < -0.39 is 0 Å². The maximum Gasteiger partial charge on any atom is 0.155 e. The number of imidazole rings is 1. The van der Waals surface area contributed by atoms with Gasteiger partial charge in [-0.2, -0.15) is 0 Å². The number of nitrogens with zero attached hydrogens (tertiary/aromatic N) is 3. The quantitative estimate of drug-likeness (QED) is 0.800. The predicted octanol–water partition coefficient (Wildman–Crippen LogP) is 3.25. The number of fused-ring (bicyclic) bond motifs is 1. The number of aliphatic hydroxyl groups is 1. The molecule has 0 bridgehead atoms. The van der Waals surface area contributed by atoms with E-state index in [4.69, 9.17) is 11.6 Å². The molecule has 1 N–H and O–H groups in total. The van der Waals surface area contributed by atoms with E-state index in [0.717, 1.165) is 40.7 Å². The molecule has 2 heterocycles. The molecule has 19 heavy (non-hydrogen) atoms. The van der Waals surface area contributed by atoms with Gasteiger partial charge < -0.3 is 5.11 Å². The molecule has 1 aliphatic rings. The molecule has 1 saturated carbocycles. The summed E-state index contributed by atoms with van der Waals surface area (Å²) < 4.78 is 2.98. The van der Waals surface area contributed by atoms with E-state index in [2.05, 4.69) is 37.0 Å². The van der Waals surface area contributed by atoms with Crippen LogP contribution < -0.4 is 0 Å². The Bertz CT molecular complexity index is 593. The van der Waals surface area contributed by atoms with Crippen LogP contribution in [0.3, 0.4) is 0 Å². The van der Waals surface area contributed by atoms with E-state index in [1.165, 1.54) is 0 Å². The minimum atomic E-state index is 0.308. The van der Waals surface area contributed by atoms with Gasteiger partial charge in [0.25, 0.3) is 0 Å². The first-order chi connectivity index (χ1) is 9.20. The average molecular weight is 392 g/mol. The molecule has 0 atom stereocenters. The Labute approximate surface area is 130 Å². The van der Waals surface area contributed by atoms with Crippen LogP contribution in [0.4, 0.5) is 0 Å². The van der Waals surface area contributed by atoms with Gasteiger partial charge in [0.2, 0.25) is 0 Å². The summed E-state index contributed by atoms with van der Waals surface area (Å²) >= 11 is 8.37. The molecule has 3 rings (SSSR count). The lowest BCUT2D eigenvalue weighted by molar-refractivity contribution is 0.181. The van der Waals surface area contributed by atoms with Crippen molar-refractivity contribution in [1.29, 1.82) is 0 Å². The van der Waals surface area contributed by atoms with Crippen molar-refractivity contribution in [3.8, 4) is 0 Å². The lowest BCUT2D eigenvalue weighted by Gasteiger charge is -2.26. The SMILES string of the molecule is OCC1CCC(c2nc(I)c3c(Cl)nccn23)CC1. The smallest absolute Gasteiger partial charge is 0.155 e. The number of hydrogen-bond acceptors (Lipinski definition) is 3. The van der Waals surface area contributed by atoms with Gasteiger partial charge in [-0.15, -0.1) is 0 Å². The fourth-order valence-electron chi connectivity index (χ4n) is 2.87. The van der Waals surface area contributed by atoms with Crippen LogP contribution in [0.5, 0.6) is 0 Å². The van der Waals surface area contributed by atoms with Gasteiger partial charge in [-0.1, -0.05) is 11.6 Å². The molecule has 0 aliphatic heterocycles. The summed E-state index contributed by atoms with van der Waals surface area (Å²) in [5, 5.41) is 9.72. The minimum Gasteiger partial charge on any atom is -0.396 e. The molecule has 1 fully saturated rings. The summed E-state index contributed by atoms with van der Waals surface area (Å²) in [4.78, 5) is 8.81. The molecule has 1 aliphatic carbocycles.